The largest absolute Gasteiger partial charge is 0.356 e. The Kier molecular flexibility index (Phi) is 4.25. The van der Waals surface area contributed by atoms with Gasteiger partial charge >= 0.3 is 6.71 Å². The van der Waals surface area contributed by atoms with Gasteiger partial charge in [0.2, 0.25) is 0 Å². The average molecular weight is 361 g/mol. The van der Waals surface area contributed by atoms with E-state index in [9.17, 15) is 18.8 Å². The number of para-hydroxylation sites is 1. The zero-order valence-electron chi connectivity index (χ0n) is 14.2. The third-order valence-electron chi connectivity index (χ3n) is 4.67. The van der Waals surface area contributed by atoms with E-state index in [4.69, 9.17) is 0 Å². The van der Waals surface area contributed by atoms with Gasteiger partial charge in [-0.25, -0.2) is 14.0 Å². The van der Waals surface area contributed by atoms with Crippen molar-refractivity contribution in [3.05, 3.63) is 71.4 Å². The predicted molar refractivity (Wildman–Crippen MR) is 100 cm³/mol. The van der Waals surface area contributed by atoms with E-state index in [1.807, 2.05) is 36.3 Å². The molecule has 0 saturated carbocycles. The molecular weight excluding hydrogens is 347 g/mol. The first-order chi connectivity index (χ1) is 13.1. The number of hydrogen-bond acceptors (Lipinski definition) is 3. The van der Waals surface area contributed by atoms with Gasteiger partial charge in [-0.1, -0.05) is 18.2 Å². The van der Waals surface area contributed by atoms with Crippen LogP contribution in [-0.2, 0) is 6.42 Å². The third kappa shape index (κ3) is 3.10. The molecule has 0 aliphatic carbocycles. The second kappa shape index (κ2) is 6.73. The van der Waals surface area contributed by atoms with E-state index >= 15 is 0 Å². The zero-order valence-corrected chi connectivity index (χ0v) is 14.2. The SMILES string of the molecule is N#CB1CCc2[nH]c(-c3cc(F)cc(F)c3)c(Nc3ccccc3)c2C1=O. The van der Waals surface area contributed by atoms with Gasteiger partial charge in [0, 0.05) is 29.0 Å². The first-order valence-corrected chi connectivity index (χ1v) is 8.54. The maximum atomic E-state index is 13.8. The van der Waals surface area contributed by atoms with Crippen molar-refractivity contribution >= 4 is 23.8 Å². The van der Waals surface area contributed by atoms with Crippen LogP contribution >= 0.6 is 0 Å². The monoisotopic (exact) mass is 361 g/mol. The van der Waals surface area contributed by atoms with Crippen LogP contribution in [0.15, 0.2) is 48.5 Å². The van der Waals surface area contributed by atoms with Crippen LogP contribution in [0.4, 0.5) is 20.2 Å². The van der Waals surface area contributed by atoms with Crippen LogP contribution < -0.4 is 5.32 Å². The maximum absolute atomic E-state index is 13.8. The Balaban J connectivity index is 1.91. The normalized spacial score (nSPS) is 13.2. The minimum atomic E-state index is -0.721. The standard InChI is InChI=1S/C20H14BF2N3O/c22-13-8-12(9-14(23)10-13)18-19(25-15-4-2-1-3-5-15)17-16(26-18)6-7-21(11-24)20(17)27/h1-5,8-10,25-26H,6-7H2. The van der Waals surface area contributed by atoms with E-state index in [0.29, 0.717) is 40.9 Å². The van der Waals surface area contributed by atoms with Crippen LogP contribution in [0, 0.1) is 22.9 Å². The summed E-state index contributed by atoms with van der Waals surface area (Å²) in [6.07, 6.45) is 0.936. The van der Waals surface area contributed by atoms with E-state index in [-0.39, 0.29) is 5.68 Å². The maximum Gasteiger partial charge on any atom is 0.351 e. The smallest absolute Gasteiger partial charge is 0.351 e. The summed E-state index contributed by atoms with van der Waals surface area (Å²) in [5, 5.41) is 12.5. The fourth-order valence-electron chi connectivity index (χ4n) is 3.43. The Morgan fingerprint density at radius 2 is 1.81 bits per heavy atom. The van der Waals surface area contributed by atoms with E-state index in [2.05, 4.69) is 10.3 Å². The van der Waals surface area contributed by atoms with Crippen LogP contribution in [0.2, 0.25) is 6.32 Å². The minimum Gasteiger partial charge on any atom is -0.356 e. The van der Waals surface area contributed by atoms with Gasteiger partial charge in [-0.3, -0.25) is 0 Å². The highest BCUT2D eigenvalue weighted by molar-refractivity contribution is 6.98. The van der Waals surface area contributed by atoms with Crippen molar-refractivity contribution in [2.24, 2.45) is 0 Å². The Labute approximate surface area is 154 Å². The lowest BCUT2D eigenvalue weighted by molar-refractivity contribution is 0.107. The molecule has 1 aromatic heterocycles. The van der Waals surface area contributed by atoms with Crippen molar-refractivity contribution < 1.29 is 13.6 Å². The predicted octanol–water partition coefficient (Wildman–Crippen LogP) is 4.54. The molecule has 0 saturated heterocycles. The van der Waals surface area contributed by atoms with E-state index in [1.165, 1.54) is 12.1 Å². The van der Waals surface area contributed by atoms with E-state index in [0.717, 1.165) is 11.8 Å². The Morgan fingerprint density at radius 1 is 1.11 bits per heavy atom. The van der Waals surface area contributed by atoms with Crippen molar-refractivity contribution in [1.29, 1.82) is 5.26 Å². The number of H-pyrrole nitrogens is 1. The van der Waals surface area contributed by atoms with Crippen molar-refractivity contribution in [2.75, 3.05) is 5.32 Å². The number of halogens is 2. The first-order valence-electron chi connectivity index (χ1n) is 8.54. The summed E-state index contributed by atoms with van der Waals surface area (Å²) >= 11 is 0. The number of anilines is 2. The number of carbonyl (C=O) groups is 1. The molecule has 4 nitrogen and oxygen atoms in total. The number of carbonyl (C=O) groups excluding carboxylic acids is 1. The summed E-state index contributed by atoms with van der Waals surface area (Å²) in [7, 11) is 0. The van der Waals surface area contributed by atoms with Gasteiger partial charge in [0.1, 0.15) is 17.3 Å². The molecule has 0 spiro atoms. The molecule has 1 aliphatic heterocycles. The molecule has 4 rings (SSSR count). The summed E-state index contributed by atoms with van der Waals surface area (Å²) < 4.78 is 27.5. The number of aryl methyl sites for hydroxylation is 1. The number of aromatic nitrogens is 1. The highest BCUT2D eigenvalue weighted by Crippen LogP contribution is 2.39. The summed E-state index contributed by atoms with van der Waals surface area (Å²) in [5.74, 6) is 0.633. The molecule has 2 heterocycles. The number of hydrogen-bond donors (Lipinski definition) is 2. The number of nitriles is 1. The molecule has 2 aromatic carbocycles. The first kappa shape index (κ1) is 17.0. The highest BCUT2D eigenvalue weighted by Gasteiger charge is 2.36. The summed E-state index contributed by atoms with van der Waals surface area (Å²) in [6, 6.07) is 12.4. The molecule has 0 unspecified atom stereocenters. The molecule has 0 atom stereocenters. The van der Waals surface area contributed by atoms with Crippen LogP contribution in [0.3, 0.4) is 0 Å². The van der Waals surface area contributed by atoms with Crippen LogP contribution in [0.25, 0.3) is 11.3 Å². The fraction of sp³-hybridized carbons (Fsp3) is 0.100. The Hall–Kier alpha value is -3.40. The molecule has 7 heteroatoms. The Bertz CT molecular complexity index is 1050. The molecule has 1 aliphatic rings. The van der Waals surface area contributed by atoms with Crippen molar-refractivity contribution in [1.82, 2.24) is 4.98 Å². The number of rotatable bonds is 3. The lowest BCUT2D eigenvalue weighted by atomic mass is 9.41. The number of fused-ring (bicyclic) bond motifs is 1. The number of nitrogens with zero attached hydrogens (tertiary/aromatic N) is 1. The van der Waals surface area contributed by atoms with Gasteiger partial charge in [0.15, 0.2) is 0 Å². The molecule has 0 amide bonds. The van der Waals surface area contributed by atoms with Gasteiger partial charge in [0.05, 0.1) is 16.9 Å². The molecule has 27 heavy (non-hydrogen) atoms. The van der Waals surface area contributed by atoms with Crippen molar-refractivity contribution in [3.8, 4) is 17.2 Å². The zero-order chi connectivity index (χ0) is 19.0. The number of benzene rings is 2. The summed E-state index contributed by atoms with van der Waals surface area (Å²) in [5.41, 5.74) is 2.66. The summed E-state index contributed by atoms with van der Waals surface area (Å²) in [6.45, 7) is -0.721. The molecular formula is C20H14BF2N3O. The summed E-state index contributed by atoms with van der Waals surface area (Å²) in [4.78, 5) is 15.9. The lowest BCUT2D eigenvalue weighted by Crippen LogP contribution is -2.30. The Morgan fingerprint density at radius 3 is 2.48 bits per heavy atom. The van der Waals surface area contributed by atoms with Gasteiger partial charge in [-0.05, 0) is 37.0 Å². The lowest BCUT2D eigenvalue weighted by Gasteiger charge is -2.15. The van der Waals surface area contributed by atoms with Gasteiger partial charge in [0.25, 0.3) is 0 Å². The minimum absolute atomic E-state index is 0.281. The molecule has 2 N–H and O–H groups in total. The molecule has 3 aromatic rings. The average Bonchev–Trinajstić information content (AvgIpc) is 3.01. The second-order valence-corrected chi connectivity index (χ2v) is 6.46. The van der Waals surface area contributed by atoms with Crippen LogP contribution in [0.1, 0.15) is 16.1 Å². The quantitative estimate of drug-likeness (QED) is 0.673. The third-order valence-corrected chi connectivity index (χ3v) is 4.67. The fourth-order valence-corrected chi connectivity index (χ4v) is 3.43. The van der Waals surface area contributed by atoms with Gasteiger partial charge in [-0.2, -0.15) is 0 Å². The number of aromatic amines is 1. The van der Waals surface area contributed by atoms with Crippen molar-refractivity contribution in [2.45, 2.75) is 12.7 Å². The molecule has 132 valence electrons. The highest BCUT2D eigenvalue weighted by atomic mass is 19.1. The van der Waals surface area contributed by atoms with Crippen LogP contribution in [0.5, 0.6) is 0 Å². The van der Waals surface area contributed by atoms with E-state index in [1.54, 1.807) is 0 Å². The van der Waals surface area contributed by atoms with E-state index < -0.39 is 18.3 Å². The number of nitrogens with one attached hydrogen (secondary N) is 2. The van der Waals surface area contributed by atoms with Gasteiger partial charge in [-0.15, -0.1) is 0 Å². The van der Waals surface area contributed by atoms with Crippen LogP contribution in [-0.4, -0.2) is 17.4 Å². The molecule has 0 radical (unpaired) electrons. The topological polar surface area (TPSA) is 68.7 Å². The van der Waals surface area contributed by atoms with Gasteiger partial charge < -0.3 is 15.1 Å². The second-order valence-electron chi connectivity index (χ2n) is 6.46. The van der Waals surface area contributed by atoms with Crippen molar-refractivity contribution in [3.63, 3.8) is 0 Å². The molecule has 0 fully saturated rings. The molecule has 0 bridgehead atoms.